The Morgan fingerprint density at radius 2 is 2.10 bits per heavy atom. The molecule has 2 N–H and O–H groups in total. The van der Waals surface area contributed by atoms with Gasteiger partial charge in [0, 0.05) is 28.5 Å². The first kappa shape index (κ1) is 19.4. The number of hydrogen-bond donors (Lipinski definition) is 2. The topological polar surface area (TPSA) is 99.9 Å². The van der Waals surface area contributed by atoms with Crippen LogP contribution in [-0.4, -0.2) is 22.5 Å². The predicted octanol–water partition coefficient (Wildman–Crippen LogP) is 3.74. The quantitative estimate of drug-likeness (QED) is 0.289. The van der Waals surface area contributed by atoms with E-state index < -0.39 is 5.97 Å². The molecule has 1 heterocycles. The largest absolute Gasteiger partial charge is 0.462 e. The number of carbonyl (C=O) groups excluding carboxylic acids is 1. The molecule has 7 nitrogen and oxygen atoms in total. The van der Waals surface area contributed by atoms with Crippen molar-refractivity contribution in [3.8, 4) is 18.4 Å². The van der Waals surface area contributed by atoms with Crippen molar-refractivity contribution in [2.75, 3.05) is 17.2 Å². The van der Waals surface area contributed by atoms with Crippen molar-refractivity contribution in [2.45, 2.75) is 6.92 Å². The molecule has 2 aromatic carbocycles. The molecule has 0 saturated heterocycles. The maximum absolute atomic E-state index is 11.7. The van der Waals surface area contributed by atoms with E-state index in [2.05, 4.69) is 26.5 Å². The van der Waals surface area contributed by atoms with Gasteiger partial charge in [-0.1, -0.05) is 12.0 Å². The van der Waals surface area contributed by atoms with Gasteiger partial charge in [0.1, 0.15) is 18.2 Å². The van der Waals surface area contributed by atoms with Crippen LogP contribution in [-0.2, 0) is 9.53 Å². The molecule has 3 aromatic rings. The fraction of sp³-hybridized carbons (Fsp3) is 0.0909. The third kappa shape index (κ3) is 4.68. The number of nitrogens with zero attached hydrogens (tertiary/aromatic N) is 3. The summed E-state index contributed by atoms with van der Waals surface area (Å²) in [6.45, 7) is 1.87. The molecule has 0 bridgehead atoms. The van der Waals surface area contributed by atoms with Gasteiger partial charge in [-0.2, -0.15) is 5.26 Å². The number of anilines is 3. The van der Waals surface area contributed by atoms with Gasteiger partial charge in [-0.15, -0.1) is 6.42 Å². The van der Waals surface area contributed by atoms with E-state index in [4.69, 9.17) is 16.4 Å². The molecule has 3 rings (SSSR count). The molecule has 29 heavy (non-hydrogen) atoms. The molecule has 142 valence electrons. The third-order valence-electron chi connectivity index (χ3n) is 3.93. The van der Waals surface area contributed by atoms with Crippen LogP contribution in [0.2, 0.25) is 0 Å². The Morgan fingerprint density at radius 1 is 1.24 bits per heavy atom. The first-order valence-corrected chi connectivity index (χ1v) is 8.77. The average molecular weight is 383 g/mol. The lowest BCUT2D eigenvalue weighted by atomic mass is 10.2. The number of rotatable bonds is 6. The number of hydrogen-bond acceptors (Lipinski definition) is 7. The van der Waals surface area contributed by atoms with Gasteiger partial charge in [-0.3, -0.25) is 0 Å². The Morgan fingerprint density at radius 3 is 2.86 bits per heavy atom. The molecule has 0 atom stereocenters. The first-order valence-electron chi connectivity index (χ1n) is 8.77. The standard InChI is InChI=1S/C22H17N5O2/c1-3-15-6-5-7-18(10-15)27-21-19-11-17(8-9-20(19)25-14-26-21)24-13-16(12-23)22(28)29-4-2/h1,5-11,13-14,24H,4H2,2H3,(H,25,26,27)/b16-13-. The lowest BCUT2D eigenvalue weighted by Gasteiger charge is -2.10. The van der Waals surface area contributed by atoms with Gasteiger partial charge in [0.05, 0.1) is 12.1 Å². The second kappa shape index (κ2) is 9.03. The molecule has 0 unspecified atom stereocenters. The van der Waals surface area contributed by atoms with Crippen LogP contribution >= 0.6 is 0 Å². The first-order chi connectivity index (χ1) is 14.1. The van der Waals surface area contributed by atoms with Gasteiger partial charge in [0.25, 0.3) is 0 Å². The smallest absolute Gasteiger partial charge is 0.350 e. The van der Waals surface area contributed by atoms with E-state index in [0.717, 1.165) is 22.2 Å². The molecule has 0 aliphatic carbocycles. The summed E-state index contributed by atoms with van der Waals surface area (Å²) in [4.78, 5) is 20.3. The Bertz CT molecular complexity index is 1170. The highest BCUT2D eigenvalue weighted by Gasteiger charge is 2.10. The van der Waals surface area contributed by atoms with Gasteiger partial charge >= 0.3 is 5.97 Å². The van der Waals surface area contributed by atoms with Gasteiger partial charge < -0.3 is 15.4 Å². The van der Waals surface area contributed by atoms with Gasteiger partial charge in [-0.25, -0.2) is 14.8 Å². The molecule has 0 aliphatic rings. The maximum Gasteiger partial charge on any atom is 0.350 e. The van der Waals surface area contributed by atoms with E-state index in [-0.39, 0.29) is 12.2 Å². The highest BCUT2D eigenvalue weighted by atomic mass is 16.5. The van der Waals surface area contributed by atoms with E-state index in [1.807, 2.05) is 42.5 Å². The summed E-state index contributed by atoms with van der Waals surface area (Å²) in [5.74, 6) is 2.52. The Balaban J connectivity index is 1.91. The zero-order valence-electron chi connectivity index (χ0n) is 15.6. The van der Waals surface area contributed by atoms with Gasteiger partial charge in [-0.05, 0) is 43.3 Å². The average Bonchev–Trinajstić information content (AvgIpc) is 2.75. The Kier molecular flexibility index (Phi) is 6.04. The van der Waals surface area contributed by atoms with Crippen LogP contribution in [0.3, 0.4) is 0 Å². The van der Waals surface area contributed by atoms with Crippen molar-refractivity contribution < 1.29 is 9.53 Å². The number of benzene rings is 2. The van der Waals surface area contributed by atoms with Crippen LogP contribution in [0.25, 0.3) is 10.9 Å². The summed E-state index contributed by atoms with van der Waals surface area (Å²) >= 11 is 0. The highest BCUT2D eigenvalue weighted by molar-refractivity contribution is 5.94. The molecule has 0 amide bonds. The second-order valence-electron chi connectivity index (χ2n) is 5.84. The van der Waals surface area contributed by atoms with E-state index in [9.17, 15) is 4.79 Å². The summed E-state index contributed by atoms with van der Waals surface area (Å²) in [6.07, 6.45) is 8.24. The molecule has 0 radical (unpaired) electrons. The minimum Gasteiger partial charge on any atom is -0.462 e. The van der Waals surface area contributed by atoms with E-state index in [0.29, 0.717) is 11.5 Å². The van der Waals surface area contributed by atoms with Crippen molar-refractivity contribution in [2.24, 2.45) is 0 Å². The normalized spacial score (nSPS) is 10.7. The van der Waals surface area contributed by atoms with E-state index in [1.165, 1.54) is 12.5 Å². The number of ether oxygens (including phenoxy) is 1. The summed E-state index contributed by atoms with van der Waals surface area (Å²) < 4.78 is 4.84. The van der Waals surface area contributed by atoms with Crippen LogP contribution in [0, 0.1) is 23.7 Å². The highest BCUT2D eigenvalue weighted by Crippen LogP contribution is 2.26. The summed E-state index contributed by atoms with van der Waals surface area (Å²) in [6, 6.07) is 14.7. The molecule has 0 aliphatic heterocycles. The van der Waals surface area contributed by atoms with Crippen molar-refractivity contribution in [1.29, 1.82) is 5.26 Å². The van der Waals surface area contributed by atoms with Crippen LogP contribution in [0.4, 0.5) is 17.2 Å². The second-order valence-corrected chi connectivity index (χ2v) is 5.84. The number of terminal acetylenes is 1. The number of nitrogens with one attached hydrogen (secondary N) is 2. The number of fused-ring (bicyclic) bond motifs is 1. The van der Waals surface area contributed by atoms with Gasteiger partial charge in [0.15, 0.2) is 5.57 Å². The van der Waals surface area contributed by atoms with Crippen LogP contribution in [0.1, 0.15) is 12.5 Å². The maximum atomic E-state index is 11.7. The van der Waals surface area contributed by atoms with Crippen molar-refractivity contribution in [3.63, 3.8) is 0 Å². The molecule has 7 heteroatoms. The van der Waals surface area contributed by atoms with Crippen LogP contribution < -0.4 is 10.6 Å². The molecule has 0 spiro atoms. The summed E-state index contributed by atoms with van der Waals surface area (Å²) in [7, 11) is 0. The minimum atomic E-state index is -0.678. The summed E-state index contributed by atoms with van der Waals surface area (Å²) in [5.41, 5.74) is 2.82. The number of aromatic nitrogens is 2. The summed E-state index contributed by atoms with van der Waals surface area (Å²) in [5, 5.41) is 16.1. The number of carbonyl (C=O) groups is 1. The number of nitriles is 1. The monoisotopic (exact) mass is 383 g/mol. The zero-order valence-corrected chi connectivity index (χ0v) is 15.6. The van der Waals surface area contributed by atoms with Crippen LogP contribution in [0.15, 0.2) is 60.6 Å². The lowest BCUT2D eigenvalue weighted by Crippen LogP contribution is -2.07. The van der Waals surface area contributed by atoms with Crippen LogP contribution in [0.5, 0.6) is 0 Å². The zero-order chi connectivity index (χ0) is 20.6. The molecule has 1 aromatic heterocycles. The fourth-order valence-electron chi connectivity index (χ4n) is 2.57. The lowest BCUT2D eigenvalue weighted by molar-refractivity contribution is -0.138. The minimum absolute atomic E-state index is 0.124. The van der Waals surface area contributed by atoms with Crippen molar-refractivity contribution in [1.82, 2.24) is 9.97 Å². The molecular formula is C22H17N5O2. The third-order valence-corrected chi connectivity index (χ3v) is 3.93. The van der Waals surface area contributed by atoms with E-state index >= 15 is 0 Å². The molecular weight excluding hydrogens is 366 g/mol. The Hall–Kier alpha value is -4.36. The van der Waals surface area contributed by atoms with Gasteiger partial charge in [0.2, 0.25) is 0 Å². The molecule has 0 saturated carbocycles. The fourth-order valence-corrected chi connectivity index (χ4v) is 2.57. The molecule has 0 fully saturated rings. The SMILES string of the molecule is C#Cc1cccc(Nc2ncnc3ccc(N/C=C(/C#N)C(=O)OCC)cc23)c1. The Labute approximate surface area is 168 Å². The van der Waals surface area contributed by atoms with Crippen molar-refractivity contribution in [3.05, 3.63) is 66.1 Å². The number of esters is 1. The predicted molar refractivity (Wildman–Crippen MR) is 111 cm³/mol. The van der Waals surface area contributed by atoms with Crippen molar-refractivity contribution >= 4 is 34.1 Å². The van der Waals surface area contributed by atoms with E-state index in [1.54, 1.807) is 13.0 Å².